The van der Waals surface area contributed by atoms with E-state index in [1.165, 1.54) is 0 Å². The number of phosphoric acid groups is 1. The van der Waals surface area contributed by atoms with Crippen molar-refractivity contribution in [1.82, 2.24) is 0 Å². The molecular formula is C60H93O11P. The van der Waals surface area contributed by atoms with Gasteiger partial charge in [-0.3, -0.25) is 23.4 Å². The van der Waals surface area contributed by atoms with Crippen molar-refractivity contribution in [2.75, 3.05) is 26.4 Å². The SMILES string of the molecule is CC/C=C\C/C=C\C/C=C\C/C=C\CCCCCCC(=O)OCC(COP(=O)(O)OCC(CO)OC(=O)CC/C=C\C/C=C\C/C=C\C/C=C\CC)OC(=O)CCCC/C=C\C/C=C\C/C=C\C/C=C\CC. The van der Waals surface area contributed by atoms with Crippen molar-refractivity contribution < 1.29 is 52.2 Å². The summed E-state index contributed by atoms with van der Waals surface area (Å²) in [5.41, 5.74) is 0. The van der Waals surface area contributed by atoms with Crippen LogP contribution in [-0.4, -0.2) is 66.5 Å². The van der Waals surface area contributed by atoms with Crippen molar-refractivity contribution in [1.29, 1.82) is 0 Å². The molecule has 0 saturated carbocycles. The second-order valence-electron chi connectivity index (χ2n) is 16.9. The van der Waals surface area contributed by atoms with Crippen molar-refractivity contribution in [3.8, 4) is 0 Å². The molecule has 72 heavy (non-hydrogen) atoms. The van der Waals surface area contributed by atoms with E-state index in [2.05, 4.69) is 148 Å². The van der Waals surface area contributed by atoms with Crippen molar-refractivity contribution >= 4 is 25.7 Å². The van der Waals surface area contributed by atoms with Crippen LogP contribution in [0, 0.1) is 0 Å². The molecule has 0 radical (unpaired) electrons. The van der Waals surface area contributed by atoms with Gasteiger partial charge in [-0.25, -0.2) is 4.57 Å². The molecule has 0 spiro atoms. The van der Waals surface area contributed by atoms with Gasteiger partial charge in [-0.15, -0.1) is 0 Å². The van der Waals surface area contributed by atoms with Crippen LogP contribution in [0.2, 0.25) is 0 Å². The quantitative estimate of drug-likeness (QED) is 0.0197. The van der Waals surface area contributed by atoms with Gasteiger partial charge in [0.2, 0.25) is 0 Å². The lowest BCUT2D eigenvalue weighted by Crippen LogP contribution is -2.30. The van der Waals surface area contributed by atoms with E-state index in [4.69, 9.17) is 23.3 Å². The molecule has 0 aliphatic carbocycles. The van der Waals surface area contributed by atoms with Gasteiger partial charge < -0.3 is 24.2 Å². The zero-order valence-electron chi connectivity index (χ0n) is 44.3. The van der Waals surface area contributed by atoms with Crippen LogP contribution in [0.1, 0.15) is 175 Å². The Hall–Kier alpha value is -4.64. The zero-order chi connectivity index (χ0) is 52.7. The summed E-state index contributed by atoms with van der Waals surface area (Å²) < 4.78 is 39.3. The summed E-state index contributed by atoms with van der Waals surface area (Å²) in [5, 5.41) is 9.77. The number of rotatable bonds is 47. The third-order valence-corrected chi connectivity index (χ3v) is 11.2. The van der Waals surface area contributed by atoms with Gasteiger partial charge in [0.15, 0.2) is 6.10 Å². The van der Waals surface area contributed by atoms with Crippen LogP contribution in [0.25, 0.3) is 0 Å². The van der Waals surface area contributed by atoms with E-state index in [1.807, 2.05) is 18.2 Å². The smallest absolute Gasteiger partial charge is 0.462 e. The normalized spacial score (nSPS) is 14.6. The van der Waals surface area contributed by atoms with Crippen LogP contribution in [0.15, 0.2) is 146 Å². The van der Waals surface area contributed by atoms with Gasteiger partial charge in [-0.1, -0.05) is 179 Å². The van der Waals surface area contributed by atoms with Gasteiger partial charge in [0.05, 0.1) is 19.8 Å². The summed E-state index contributed by atoms with van der Waals surface area (Å²) in [6, 6.07) is 0. The lowest BCUT2D eigenvalue weighted by atomic mass is 10.1. The standard InChI is InChI=1S/C60H93O11P/c1-4-7-10-13-16-19-22-25-27-28-30-32-34-37-40-43-46-49-58(62)67-53-57(71-60(64)51-48-45-42-39-36-33-29-26-23-20-17-14-11-8-5-2)55-69-72(65,66)68-54-56(52-61)70-59(63)50-47-44-41-38-35-31-24-21-18-15-12-9-6-3/h7-12,16-21,25-27,29-32,35-36,39,41,44,56-57,61H,4-6,13-15,22-24,28,33-34,37-38,40,42-43,45-55H2,1-3H3,(H,65,66)/b10-7-,11-8-,12-9-,19-16-,20-17-,21-18-,27-25-,29-26-,32-30-,35-31-,39-36-,44-41-. The number of carbonyl (C=O) groups is 3. The Balaban J connectivity index is 4.93. The number of aliphatic hydroxyl groups is 1. The number of hydrogen-bond donors (Lipinski definition) is 2. The predicted molar refractivity (Wildman–Crippen MR) is 297 cm³/mol. The Morgan fingerprint density at radius 3 is 1.14 bits per heavy atom. The molecule has 0 aromatic rings. The minimum Gasteiger partial charge on any atom is -0.462 e. The van der Waals surface area contributed by atoms with Crippen LogP contribution < -0.4 is 0 Å². The third-order valence-electron chi connectivity index (χ3n) is 10.3. The number of aliphatic hydroxyl groups excluding tert-OH is 1. The molecule has 0 aliphatic heterocycles. The molecule has 0 saturated heterocycles. The number of phosphoric ester groups is 1. The first kappa shape index (κ1) is 67.4. The Labute approximate surface area is 435 Å². The average Bonchev–Trinajstić information content (AvgIpc) is 3.37. The highest BCUT2D eigenvalue weighted by molar-refractivity contribution is 7.47. The van der Waals surface area contributed by atoms with Gasteiger partial charge in [0.25, 0.3) is 0 Å². The van der Waals surface area contributed by atoms with E-state index in [1.54, 1.807) is 0 Å². The highest BCUT2D eigenvalue weighted by Crippen LogP contribution is 2.43. The van der Waals surface area contributed by atoms with Crippen molar-refractivity contribution in [3.05, 3.63) is 146 Å². The van der Waals surface area contributed by atoms with Crippen LogP contribution in [-0.2, 0) is 42.2 Å². The minimum absolute atomic E-state index is 0.0426. The minimum atomic E-state index is -4.79. The van der Waals surface area contributed by atoms with E-state index in [9.17, 15) is 28.9 Å². The fraction of sp³-hybridized carbons (Fsp3) is 0.550. The first-order valence-corrected chi connectivity index (χ1v) is 28.2. The van der Waals surface area contributed by atoms with Gasteiger partial charge in [-0.05, 0) is 122 Å². The molecule has 0 bridgehead atoms. The fourth-order valence-corrected chi connectivity index (χ4v) is 7.07. The van der Waals surface area contributed by atoms with Gasteiger partial charge in [-0.2, -0.15) is 0 Å². The maximum absolute atomic E-state index is 12.9. The van der Waals surface area contributed by atoms with Crippen LogP contribution in [0.4, 0.5) is 0 Å². The Morgan fingerprint density at radius 2 is 0.708 bits per heavy atom. The monoisotopic (exact) mass is 1020 g/mol. The van der Waals surface area contributed by atoms with Crippen molar-refractivity contribution in [2.45, 2.75) is 187 Å². The summed E-state index contributed by atoms with van der Waals surface area (Å²) in [5.74, 6) is -1.65. The second kappa shape index (κ2) is 52.7. The summed E-state index contributed by atoms with van der Waals surface area (Å²) in [6.45, 7) is 4.10. The number of hydrogen-bond acceptors (Lipinski definition) is 10. The highest BCUT2D eigenvalue weighted by Gasteiger charge is 2.28. The van der Waals surface area contributed by atoms with E-state index in [0.717, 1.165) is 116 Å². The third kappa shape index (κ3) is 50.3. The molecule has 0 heterocycles. The lowest BCUT2D eigenvalue weighted by molar-refractivity contribution is -0.161. The molecule has 0 aromatic heterocycles. The van der Waals surface area contributed by atoms with Crippen LogP contribution in [0.5, 0.6) is 0 Å². The second-order valence-corrected chi connectivity index (χ2v) is 18.3. The largest absolute Gasteiger partial charge is 0.472 e. The summed E-state index contributed by atoms with van der Waals surface area (Å²) in [4.78, 5) is 48.4. The maximum atomic E-state index is 12.9. The van der Waals surface area contributed by atoms with Gasteiger partial charge in [0, 0.05) is 19.3 Å². The number of allylic oxidation sites excluding steroid dienone is 24. The predicted octanol–water partition coefficient (Wildman–Crippen LogP) is 15.6. The molecule has 11 nitrogen and oxygen atoms in total. The number of esters is 3. The van der Waals surface area contributed by atoms with E-state index >= 15 is 0 Å². The number of unbranched alkanes of at least 4 members (excludes halogenated alkanes) is 6. The summed E-state index contributed by atoms with van der Waals surface area (Å²) >= 11 is 0. The molecule has 404 valence electrons. The first-order valence-electron chi connectivity index (χ1n) is 26.7. The fourth-order valence-electron chi connectivity index (χ4n) is 6.29. The van der Waals surface area contributed by atoms with Crippen LogP contribution in [0.3, 0.4) is 0 Å². The van der Waals surface area contributed by atoms with E-state index in [-0.39, 0.29) is 25.9 Å². The number of carbonyl (C=O) groups excluding carboxylic acids is 3. The van der Waals surface area contributed by atoms with Crippen molar-refractivity contribution in [3.63, 3.8) is 0 Å². The first-order chi connectivity index (χ1) is 35.2. The highest BCUT2D eigenvalue weighted by atomic mass is 31.2. The van der Waals surface area contributed by atoms with E-state index < -0.39 is 57.8 Å². The van der Waals surface area contributed by atoms with Crippen molar-refractivity contribution in [2.24, 2.45) is 0 Å². The molecule has 0 amide bonds. The zero-order valence-corrected chi connectivity index (χ0v) is 45.2. The Bertz CT molecular complexity index is 1760. The molecule has 0 aromatic carbocycles. The lowest BCUT2D eigenvalue weighted by Gasteiger charge is -2.21. The maximum Gasteiger partial charge on any atom is 0.472 e. The molecule has 3 atom stereocenters. The van der Waals surface area contributed by atoms with Gasteiger partial charge in [0.1, 0.15) is 12.7 Å². The summed E-state index contributed by atoms with van der Waals surface area (Å²) in [7, 11) is -4.79. The molecular weight excluding hydrogens is 928 g/mol. The molecule has 0 aliphatic rings. The Morgan fingerprint density at radius 1 is 0.389 bits per heavy atom. The van der Waals surface area contributed by atoms with Crippen LogP contribution >= 0.6 is 7.82 Å². The topological polar surface area (TPSA) is 155 Å². The van der Waals surface area contributed by atoms with E-state index in [0.29, 0.717) is 19.3 Å². The summed E-state index contributed by atoms with van der Waals surface area (Å²) in [6.07, 6.45) is 66.9. The molecule has 12 heteroatoms. The molecule has 0 rings (SSSR count). The Kier molecular flexibility index (Phi) is 49.3. The molecule has 3 unspecified atom stereocenters. The molecule has 2 N–H and O–H groups in total. The number of ether oxygens (including phenoxy) is 3. The molecule has 0 fully saturated rings. The van der Waals surface area contributed by atoms with Gasteiger partial charge >= 0.3 is 25.7 Å². The average molecular weight is 1020 g/mol.